The van der Waals surface area contributed by atoms with Crippen LogP contribution in [0.4, 0.5) is 0 Å². The third-order valence-corrected chi connectivity index (χ3v) is 19.0. The fraction of sp³-hybridized carbons (Fsp3) is 0.529. The smallest absolute Gasteiger partial charge is 0.338 e. The first kappa shape index (κ1) is 106. The quantitative estimate of drug-likeness (QED) is 0.0344. The third kappa shape index (κ3) is 31.7. The molecule has 5 heterocycles. The summed E-state index contributed by atoms with van der Waals surface area (Å²) in [6.45, 7) is 7.60. The van der Waals surface area contributed by atoms with Crippen molar-refractivity contribution in [2.24, 2.45) is 0 Å². The standard InChI is InChI=1S/C87H100O47/c1-40(88)107-34-61-68(115-47(8)95)73(119-51(12)99)77(121-53(14)101)83(124-61)129-75-70(117-49(10)97)63(36-109-42(3)90)125-84(79(75)123-55(16)103)130-76-71(128-67(105)33-27-57-24-30-60(31-25-57)114-46(7)94)64(37-110-43(4)91)127-86(80(76)131-85-78(122-54(15)102)74(120-52(13)100)69(116-48(9)96)62(126-85)35-108-41(2)89)134-87(39-112-66(104)32-26-56-22-28-59(29-23-56)113-45(6)93)81(132-82(106)58-20-18-17-19-21-58)72(118-50(11)98)65(133-87)38-111-44(5)92/h17-33,61-65,68-81,83-86H,34-39H2,1-16H3/b32-26+,33-27+/t61-,62-,63-,64-,65-,68-,69-,70-,71-,72-,73+,74+,75+,76+,77-,78-,79-,80-,81+,83+,84+,85+,86-,87+/m1/s1. The fourth-order valence-corrected chi connectivity index (χ4v) is 14.1. The average Bonchev–Trinajstić information content (AvgIpc) is 1.52. The number of benzene rings is 3. The Morgan fingerprint density at radius 2 is 0.575 bits per heavy atom. The molecule has 0 aromatic heterocycles. The topological polar surface area (TPSA) is 583 Å². The normalized spacial score (nSPS) is 28.0. The number of carbonyl (C=O) groups excluding carboxylic acids is 19. The summed E-state index contributed by atoms with van der Waals surface area (Å²) in [4.78, 5) is 257. The molecule has 0 unspecified atom stereocenters. The van der Waals surface area contributed by atoms with Crippen LogP contribution in [0.2, 0.25) is 0 Å². The van der Waals surface area contributed by atoms with E-state index in [4.69, 9.17) is 133 Å². The molecule has 0 bridgehead atoms. The number of esters is 19. The summed E-state index contributed by atoms with van der Waals surface area (Å²) < 4.78 is 170. The highest BCUT2D eigenvalue weighted by Gasteiger charge is 2.67. The van der Waals surface area contributed by atoms with Gasteiger partial charge in [-0.15, -0.1) is 0 Å². The maximum atomic E-state index is 15.4. The molecular weight excluding hydrogens is 1800 g/mol. The van der Waals surface area contributed by atoms with Crippen molar-refractivity contribution in [3.05, 3.63) is 108 Å². The third-order valence-electron chi connectivity index (χ3n) is 19.0. The lowest BCUT2D eigenvalue weighted by molar-refractivity contribution is -0.423. The minimum absolute atomic E-state index is 0.0322. The Morgan fingerprint density at radius 3 is 0.933 bits per heavy atom. The molecule has 0 saturated carbocycles. The van der Waals surface area contributed by atoms with Gasteiger partial charge in [0.25, 0.3) is 0 Å². The molecule has 8 rings (SSSR count). The van der Waals surface area contributed by atoms with E-state index in [2.05, 4.69) is 0 Å². The monoisotopic (exact) mass is 1900 g/mol. The highest BCUT2D eigenvalue weighted by molar-refractivity contribution is 5.90. The van der Waals surface area contributed by atoms with Crippen LogP contribution >= 0.6 is 0 Å². The van der Waals surface area contributed by atoms with Crippen LogP contribution in [-0.2, 0) is 209 Å². The van der Waals surface area contributed by atoms with Crippen LogP contribution in [0.15, 0.2) is 91.0 Å². The number of hydrogen-bond donors (Lipinski definition) is 0. The molecule has 134 heavy (non-hydrogen) atoms. The molecule has 0 radical (unpaired) electrons. The summed E-state index contributed by atoms with van der Waals surface area (Å²) >= 11 is 0. The summed E-state index contributed by atoms with van der Waals surface area (Å²) in [6.07, 6.45) is -50.0. The maximum absolute atomic E-state index is 15.4. The molecule has 47 heteroatoms. The van der Waals surface area contributed by atoms with Gasteiger partial charge in [0, 0.05) is 123 Å². The van der Waals surface area contributed by atoms with Gasteiger partial charge >= 0.3 is 113 Å². The molecule has 730 valence electrons. The largest absolute Gasteiger partial charge is 0.463 e. The molecule has 0 aliphatic carbocycles. The van der Waals surface area contributed by atoms with Gasteiger partial charge in [0.1, 0.15) is 100.0 Å². The van der Waals surface area contributed by atoms with E-state index in [1.165, 1.54) is 84.9 Å². The Bertz CT molecular complexity index is 4790. The van der Waals surface area contributed by atoms with Crippen LogP contribution in [0.3, 0.4) is 0 Å². The van der Waals surface area contributed by atoms with Gasteiger partial charge in [0.15, 0.2) is 92.3 Å². The van der Waals surface area contributed by atoms with Crippen LogP contribution in [-0.4, -0.2) is 300 Å². The Kier molecular flexibility index (Phi) is 39.1. The van der Waals surface area contributed by atoms with E-state index in [1.807, 2.05) is 0 Å². The number of ether oxygens (including phenoxy) is 28. The molecule has 3 aromatic carbocycles. The molecule has 0 spiro atoms. The van der Waals surface area contributed by atoms with Crippen molar-refractivity contribution in [1.29, 1.82) is 0 Å². The molecular formula is C87H100O47. The SMILES string of the molecule is CC(=O)OC[C@H]1O[C@@](COC(=O)/C=C/c2ccc(OC(C)=O)cc2)(O[C@H]2O[C@H](COC(C)=O)[C@@H](OC(=O)/C=C/c3ccc(OC(C)=O)cc3)[C@H](O[C@@H]3O[C@H](COC(C)=O)[C@@H](OC(C)=O)[C@H](O[C@@H]4O[C@H](COC(C)=O)[C@@H](OC(C)=O)[C@H](OC(C)=O)[C@H]4OC(C)=O)[C@H]3OC(C)=O)[C@H]2O[C@@H]2O[C@H](COC(C)=O)[C@@H](OC(C)=O)[C@H](OC(C)=O)[C@H]2OC(C)=O)[C@@H](OC(=O)c2ccccc2)[C@@H]1OC(C)=O. The molecule has 5 aliphatic rings. The van der Waals surface area contributed by atoms with Crippen molar-refractivity contribution in [2.45, 2.75) is 258 Å². The van der Waals surface area contributed by atoms with E-state index in [9.17, 15) is 81.5 Å². The first-order valence-corrected chi connectivity index (χ1v) is 41.0. The van der Waals surface area contributed by atoms with Crippen LogP contribution in [0.1, 0.15) is 132 Å². The number of carbonyl (C=O) groups is 19. The van der Waals surface area contributed by atoms with Crippen molar-refractivity contribution in [2.75, 3.05) is 39.6 Å². The van der Waals surface area contributed by atoms with E-state index < -0.39 is 300 Å². The molecule has 24 atom stereocenters. The summed E-state index contributed by atoms with van der Waals surface area (Å²) in [5, 5.41) is 0. The van der Waals surface area contributed by atoms with Crippen LogP contribution in [0.5, 0.6) is 11.5 Å². The summed E-state index contributed by atoms with van der Waals surface area (Å²) in [5.41, 5.74) is 0.122. The molecule has 0 N–H and O–H groups in total. The Hall–Kier alpha value is -13.3. The van der Waals surface area contributed by atoms with E-state index >= 15 is 9.59 Å². The minimum Gasteiger partial charge on any atom is -0.463 e. The lowest BCUT2D eigenvalue weighted by atomic mass is 9.94. The van der Waals surface area contributed by atoms with Crippen molar-refractivity contribution in [3.8, 4) is 11.5 Å². The average molecular weight is 1900 g/mol. The molecule has 47 nitrogen and oxygen atoms in total. The van der Waals surface area contributed by atoms with Crippen molar-refractivity contribution in [1.82, 2.24) is 0 Å². The molecule has 0 amide bonds. The zero-order chi connectivity index (χ0) is 98.7. The molecule has 5 fully saturated rings. The van der Waals surface area contributed by atoms with Gasteiger partial charge in [-0.25, -0.2) is 14.4 Å². The number of hydrogen-bond acceptors (Lipinski definition) is 47. The van der Waals surface area contributed by atoms with E-state index in [-0.39, 0.29) is 28.2 Å². The zero-order valence-corrected chi connectivity index (χ0v) is 75.0. The van der Waals surface area contributed by atoms with Crippen LogP contribution < -0.4 is 9.47 Å². The predicted octanol–water partition coefficient (Wildman–Crippen LogP) is 2.31. The van der Waals surface area contributed by atoms with Gasteiger partial charge in [-0.1, -0.05) is 42.5 Å². The zero-order valence-electron chi connectivity index (χ0n) is 75.0. The number of rotatable bonds is 38. The second-order valence-corrected chi connectivity index (χ2v) is 29.9. The Balaban J connectivity index is 1.53. The van der Waals surface area contributed by atoms with Gasteiger partial charge < -0.3 is 133 Å². The maximum Gasteiger partial charge on any atom is 0.338 e. The van der Waals surface area contributed by atoms with Gasteiger partial charge in [-0.3, -0.25) is 76.7 Å². The van der Waals surface area contributed by atoms with E-state index in [0.29, 0.717) is 0 Å². The van der Waals surface area contributed by atoms with Gasteiger partial charge in [-0.05, 0) is 59.7 Å². The second kappa shape index (κ2) is 49.4. The second-order valence-electron chi connectivity index (χ2n) is 29.9. The van der Waals surface area contributed by atoms with Gasteiger partial charge in [0.05, 0.1) is 5.56 Å². The molecule has 3 aromatic rings. The van der Waals surface area contributed by atoms with Crippen molar-refractivity contribution in [3.63, 3.8) is 0 Å². The van der Waals surface area contributed by atoms with Crippen LogP contribution in [0, 0.1) is 0 Å². The van der Waals surface area contributed by atoms with Crippen LogP contribution in [0.25, 0.3) is 12.2 Å². The first-order valence-electron chi connectivity index (χ1n) is 41.0. The van der Waals surface area contributed by atoms with Crippen molar-refractivity contribution < 1.29 is 224 Å². The van der Waals surface area contributed by atoms with E-state index in [0.717, 1.165) is 129 Å². The fourth-order valence-electron chi connectivity index (χ4n) is 14.1. The Labute approximate surface area is 763 Å². The summed E-state index contributed by atoms with van der Waals surface area (Å²) in [7, 11) is 0. The summed E-state index contributed by atoms with van der Waals surface area (Å²) in [5.74, 6) is -25.2. The molecule has 5 aliphatic heterocycles. The molecule has 5 saturated heterocycles. The van der Waals surface area contributed by atoms with Gasteiger partial charge in [0.2, 0.25) is 5.79 Å². The van der Waals surface area contributed by atoms with E-state index in [1.54, 1.807) is 0 Å². The predicted molar refractivity (Wildman–Crippen MR) is 431 cm³/mol. The highest BCUT2D eigenvalue weighted by Crippen LogP contribution is 2.46. The first-order chi connectivity index (χ1) is 63.2. The minimum atomic E-state index is -3.33. The lowest BCUT2D eigenvalue weighted by Gasteiger charge is -2.52. The van der Waals surface area contributed by atoms with Crippen molar-refractivity contribution >= 4 is 126 Å². The Morgan fingerprint density at radius 1 is 0.276 bits per heavy atom. The summed E-state index contributed by atoms with van der Waals surface area (Å²) in [6, 6.07) is 17.6. The highest BCUT2D eigenvalue weighted by atomic mass is 16.9. The lowest BCUT2D eigenvalue weighted by Crippen LogP contribution is -2.70. The van der Waals surface area contributed by atoms with Gasteiger partial charge in [-0.2, -0.15) is 0 Å².